The number of carbonyl (C=O) groups excluding carboxylic acids is 5. The van der Waals surface area contributed by atoms with E-state index >= 15 is 0 Å². The van der Waals surface area contributed by atoms with E-state index in [4.69, 9.17) is 14.5 Å². The quantitative estimate of drug-likeness (QED) is 0.215. The Bertz CT molecular complexity index is 2320. The molecule has 2 saturated heterocycles. The normalized spacial score (nSPS) is 23.6. The number of esters is 1. The van der Waals surface area contributed by atoms with Gasteiger partial charge in [-0.1, -0.05) is 46.4 Å². The van der Waals surface area contributed by atoms with E-state index in [1.165, 1.54) is 16.0 Å². The zero-order valence-corrected chi connectivity index (χ0v) is 38.8. The molecule has 2 aromatic heterocycles. The number of hydrogen-bond acceptors (Lipinski definition) is 10. The minimum absolute atomic E-state index is 0.148. The fourth-order valence-electron chi connectivity index (χ4n) is 9.99. The third-order valence-corrected chi connectivity index (χ3v) is 13.4. The van der Waals surface area contributed by atoms with Gasteiger partial charge in [0.15, 0.2) is 0 Å². The molecule has 2 N–H and O–H groups in total. The van der Waals surface area contributed by atoms with E-state index < -0.39 is 41.3 Å². The van der Waals surface area contributed by atoms with Gasteiger partial charge < -0.3 is 29.2 Å². The number of methoxy groups -OCH3 is 1. The molecular formula is C49H66N8O7. The molecule has 0 spiro atoms. The number of nitrogens with zero attached hydrogens (tertiary/aromatic N) is 6. The molecule has 7 rings (SSSR count). The summed E-state index contributed by atoms with van der Waals surface area (Å²) in [5, 5.41) is 5.63. The van der Waals surface area contributed by atoms with Crippen LogP contribution in [0.3, 0.4) is 0 Å². The number of likely N-dealkylation sites (N-methyl/N-ethyl adjacent to an activating group) is 1. The number of hydrogen-bond donors (Lipinski definition) is 2. The van der Waals surface area contributed by atoms with Crippen molar-refractivity contribution in [3.05, 3.63) is 72.1 Å². The summed E-state index contributed by atoms with van der Waals surface area (Å²) in [4.78, 5) is 79.1. The zero-order valence-electron chi connectivity index (χ0n) is 38.8. The lowest BCUT2D eigenvalue weighted by atomic mass is 9.84. The van der Waals surface area contributed by atoms with E-state index in [1.807, 2.05) is 26.8 Å². The number of likely N-dealkylation sites (tertiary alicyclic amines) is 1. The van der Waals surface area contributed by atoms with Crippen molar-refractivity contribution >= 4 is 46.1 Å². The van der Waals surface area contributed by atoms with Gasteiger partial charge in [0.1, 0.15) is 18.1 Å². The molecule has 4 aliphatic rings. The second kappa shape index (κ2) is 19.4. The van der Waals surface area contributed by atoms with Crippen LogP contribution in [0.4, 0.5) is 0 Å². The van der Waals surface area contributed by atoms with Crippen LogP contribution < -0.4 is 10.7 Å². The van der Waals surface area contributed by atoms with Gasteiger partial charge >= 0.3 is 5.97 Å². The minimum atomic E-state index is -1.00. The van der Waals surface area contributed by atoms with Crippen molar-refractivity contribution in [2.24, 2.45) is 17.3 Å². The molecule has 15 nitrogen and oxygen atoms in total. The highest BCUT2D eigenvalue weighted by atomic mass is 16.5. The highest BCUT2D eigenvalue weighted by molar-refractivity contribution is 5.96. The number of nitrogens with one attached hydrogen (secondary N) is 2. The number of fused-ring (bicyclic) bond motifs is 6. The molecule has 344 valence electrons. The van der Waals surface area contributed by atoms with Crippen molar-refractivity contribution in [2.75, 3.05) is 60.0 Å². The van der Waals surface area contributed by atoms with Crippen LogP contribution in [0.1, 0.15) is 83.7 Å². The summed E-state index contributed by atoms with van der Waals surface area (Å²) in [6.07, 6.45) is 7.13. The Morgan fingerprint density at radius 3 is 2.62 bits per heavy atom. The Morgan fingerprint density at radius 1 is 1.12 bits per heavy atom. The summed E-state index contributed by atoms with van der Waals surface area (Å²) in [6.45, 7) is 18.9. The molecule has 6 heterocycles. The number of pyridine rings is 1. The Hall–Kier alpha value is -5.38. The van der Waals surface area contributed by atoms with Crippen molar-refractivity contribution in [1.29, 1.82) is 0 Å². The highest BCUT2D eigenvalue weighted by Crippen LogP contribution is 2.42. The maximum absolute atomic E-state index is 14.6. The van der Waals surface area contributed by atoms with Gasteiger partial charge in [0, 0.05) is 88.0 Å². The van der Waals surface area contributed by atoms with Gasteiger partial charge in [-0.15, -0.1) is 0 Å². The first-order chi connectivity index (χ1) is 30.5. The van der Waals surface area contributed by atoms with Crippen LogP contribution in [0.15, 0.2) is 55.3 Å². The molecule has 0 aliphatic carbocycles. The number of cyclic esters (lactones) is 1. The minimum Gasteiger partial charge on any atom is -0.464 e. The van der Waals surface area contributed by atoms with E-state index in [9.17, 15) is 24.0 Å². The van der Waals surface area contributed by atoms with E-state index in [-0.39, 0.29) is 49.4 Å². The molecule has 0 saturated carbocycles. The van der Waals surface area contributed by atoms with Gasteiger partial charge in [-0.25, -0.2) is 5.43 Å². The number of aromatic nitrogens is 2. The van der Waals surface area contributed by atoms with Gasteiger partial charge in [-0.3, -0.25) is 38.9 Å². The van der Waals surface area contributed by atoms with Gasteiger partial charge in [-0.2, -0.15) is 0 Å². The first-order valence-corrected chi connectivity index (χ1v) is 22.8. The third kappa shape index (κ3) is 9.52. The highest BCUT2D eigenvalue weighted by Gasteiger charge is 2.41. The molecule has 6 atom stereocenters. The van der Waals surface area contributed by atoms with Crippen LogP contribution in [0.2, 0.25) is 0 Å². The van der Waals surface area contributed by atoms with Gasteiger partial charge in [0.05, 0.1) is 30.0 Å². The maximum Gasteiger partial charge on any atom is 0.324 e. The maximum atomic E-state index is 14.6. The predicted molar refractivity (Wildman–Crippen MR) is 245 cm³/mol. The molecule has 15 heteroatoms. The number of ether oxygens (including phenoxy) is 2. The zero-order chi connectivity index (χ0) is 46.0. The number of amides is 4. The summed E-state index contributed by atoms with van der Waals surface area (Å²) in [6, 6.07) is 8.03. The third-order valence-electron chi connectivity index (χ3n) is 13.4. The number of aryl methyl sites for hydroxylation is 1. The predicted octanol–water partition coefficient (Wildman–Crippen LogP) is 4.75. The largest absolute Gasteiger partial charge is 0.464 e. The van der Waals surface area contributed by atoms with Crippen LogP contribution in [0.5, 0.6) is 0 Å². The fourth-order valence-corrected chi connectivity index (χ4v) is 9.99. The summed E-state index contributed by atoms with van der Waals surface area (Å²) in [5.41, 5.74) is 10.00. The standard InChI is InChI=1S/C49H66N8O7/c1-10-41(58)55-23-19-34(27-55)46(60)53(8)43(30(3)4)45(59)51-39-28-54-22-18-33(26-54)32-16-17-40-36(24-32)37(44(56(40)11-2)35-14-12-20-50-42(35)31(5)63-9)25-49(6,7)29-64-48(62)38-15-13-21-57(52-38)47(39)61/h10,12,14,16-18,20,24,30-31,34,38-39,43,52H,1,11,13,15,19,21-23,25-29H2,2-9H3,(H,51,59)/t31-,34-,38-,39-,43-/m0/s1. The summed E-state index contributed by atoms with van der Waals surface area (Å²) in [7, 11) is 3.31. The van der Waals surface area contributed by atoms with Crippen LogP contribution in [0, 0.1) is 17.3 Å². The van der Waals surface area contributed by atoms with Gasteiger partial charge in [0.2, 0.25) is 17.7 Å². The Morgan fingerprint density at radius 2 is 1.91 bits per heavy atom. The molecule has 4 aliphatic heterocycles. The second-order valence-corrected chi connectivity index (χ2v) is 19.0. The van der Waals surface area contributed by atoms with E-state index in [0.717, 1.165) is 51.1 Å². The fraction of sp³-hybridized carbons (Fsp3) is 0.551. The average molecular weight is 879 g/mol. The van der Waals surface area contributed by atoms with Crippen molar-refractivity contribution in [2.45, 2.75) is 98.0 Å². The van der Waals surface area contributed by atoms with Gasteiger partial charge in [0.25, 0.3) is 5.91 Å². The number of hydrazine groups is 1. The number of benzene rings is 1. The lowest BCUT2D eigenvalue weighted by Gasteiger charge is -2.37. The summed E-state index contributed by atoms with van der Waals surface area (Å²) < 4.78 is 14.3. The summed E-state index contributed by atoms with van der Waals surface area (Å²) >= 11 is 0. The monoisotopic (exact) mass is 879 g/mol. The molecule has 0 radical (unpaired) electrons. The number of rotatable bonds is 10. The van der Waals surface area contributed by atoms with Crippen LogP contribution in [-0.4, -0.2) is 137 Å². The SMILES string of the molecule is C=CC(=O)N1CC[C@H](C(=O)N(C)[C@H](C(=O)N[C@H]2CN3CC=C(C3)c3ccc4c(c3)c(c(-c3cccnc3[C@H](C)OC)n4CC)CC(C)(C)COC(=O)[C@@H]3CCCN(N3)C2=O)C(C)C)C1. The van der Waals surface area contributed by atoms with E-state index in [2.05, 4.69) is 77.9 Å². The Balaban J connectivity index is 1.23. The topological polar surface area (TPSA) is 159 Å². The first-order valence-electron chi connectivity index (χ1n) is 22.8. The lowest BCUT2D eigenvalue weighted by Crippen LogP contribution is -2.63. The van der Waals surface area contributed by atoms with Crippen molar-refractivity contribution in [3.8, 4) is 11.3 Å². The van der Waals surface area contributed by atoms with Gasteiger partial charge in [-0.05, 0) is 92.5 Å². The Kier molecular flexibility index (Phi) is 14.1. The molecule has 6 bridgehead atoms. The van der Waals surface area contributed by atoms with Crippen molar-refractivity contribution < 1.29 is 33.4 Å². The van der Waals surface area contributed by atoms with Crippen LogP contribution >= 0.6 is 0 Å². The van der Waals surface area contributed by atoms with Crippen molar-refractivity contribution in [3.63, 3.8) is 0 Å². The molecule has 4 amide bonds. The number of carbonyl (C=O) groups is 5. The van der Waals surface area contributed by atoms with E-state index in [1.54, 1.807) is 25.3 Å². The van der Waals surface area contributed by atoms with E-state index in [0.29, 0.717) is 51.9 Å². The lowest BCUT2D eigenvalue weighted by molar-refractivity contribution is -0.155. The first kappa shape index (κ1) is 46.6. The molecule has 1 unspecified atom stereocenters. The average Bonchev–Trinajstić information content (AvgIpc) is 4.05. The molecular weight excluding hydrogens is 813 g/mol. The summed E-state index contributed by atoms with van der Waals surface area (Å²) in [5.74, 6) is -2.46. The molecule has 2 fully saturated rings. The molecule has 1 aromatic carbocycles. The smallest absolute Gasteiger partial charge is 0.324 e. The van der Waals surface area contributed by atoms with Crippen LogP contribution in [-0.2, 0) is 46.4 Å². The Labute approximate surface area is 377 Å². The van der Waals surface area contributed by atoms with Crippen molar-refractivity contribution in [1.82, 2.24) is 40.0 Å². The molecule has 3 aromatic rings. The second-order valence-electron chi connectivity index (χ2n) is 19.0. The van der Waals surface area contributed by atoms with Crippen LogP contribution in [0.25, 0.3) is 27.7 Å². The molecule has 64 heavy (non-hydrogen) atoms.